The molecule has 3 amide bonds. The van der Waals surface area contributed by atoms with Crippen molar-refractivity contribution < 1.29 is 53.4 Å². The van der Waals surface area contributed by atoms with Crippen molar-refractivity contribution in [2.24, 2.45) is 15.9 Å². The molecule has 17 nitrogen and oxygen atoms in total. The molecule has 0 radical (unpaired) electrons. The van der Waals surface area contributed by atoms with Gasteiger partial charge in [0, 0.05) is 32.3 Å². The van der Waals surface area contributed by atoms with Crippen molar-refractivity contribution in [1.82, 2.24) is 16.0 Å². The van der Waals surface area contributed by atoms with Gasteiger partial charge in [0.2, 0.25) is 17.7 Å². The van der Waals surface area contributed by atoms with E-state index in [9.17, 15) is 29.7 Å². The van der Waals surface area contributed by atoms with Gasteiger partial charge in [-0.05, 0) is 42.4 Å². The molecule has 8 N–H and O–H groups in total. The molecule has 59 heavy (non-hydrogen) atoms. The molecule has 0 aliphatic carbocycles. The number of amides is 3. The Morgan fingerprint density at radius 2 is 1.56 bits per heavy atom. The van der Waals surface area contributed by atoms with Gasteiger partial charge in [-0.15, -0.1) is 0 Å². The molecule has 5 atom stereocenters. The van der Waals surface area contributed by atoms with Crippen molar-refractivity contribution >= 4 is 29.6 Å². The third kappa shape index (κ3) is 20.5. The second-order valence-electron chi connectivity index (χ2n) is 14.0. The molecule has 2 aromatic rings. The molecule has 1 heterocycles. The van der Waals surface area contributed by atoms with Crippen molar-refractivity contribution in [2.75, 3.05) is 79.1 Å². The van der Waals surface area contributed by atoms with Crippen LogP contribution in [-0.2, 0) is 44.5 Å². The molecular formula is C42H64N6O11. The number of carbonyl (C=O) groups is 3. The first-order valence-corrected chi connectivity index (χ1v) is 20.4. The van der Waals surface area contributed by atoms with Gasteiger partial charge in [-0.25, -0.2) is 0 Å². The molecule has 0 unspecified atom stereocenters. The SMILES string of the molecule is CCCCNC(=O)CCOCCOCCN=CC(COCCOCC[C@H]1CC[C@@H](NC(=O)CO)[C@H]([C@H](O)[C@H](O)CNC(=O)Cc2ccc(-c3ccccc3)cc2)O1)=NN. The monoisotopic (exact) mass is 828 g/mol. The van der Waals surface area contributed by atoms with Gasteiger partial charge >= 0.3 is 0 Å². The number of nitrogens with zero attached hydrogens (tertiary/aromatic N) is 2. The van der Waals surface area contributed by atoms with Crippen LogP contribution < -0.4 is 21.8 Å². The number of rotatable bonds is 30. The molecule has 3 rings (SSSR count). The maximum Gasteiger partial charge on any atom is 0.246 e. The quantitative estimate of drug-likeness (QED) is 0.0252. The molecule has 1 saturated heterocycles. The lowest BCUT2D eigenvalue weighted by Crippen LogP contribution is -2.58. The average molecular weight is 829 g/mol. The van der Waals surface area contributed by atoms with Crippen molar-refractivity contribution in [3.63, 3.8) is 0 Å². The average Bonchev–Trinajstić information content (AvgIpc) is 3.25. The summed E-state index contributed by atoms with van der Waals surface area (Å²) in [5.41, 5.74) is 3.35. The summed E-state index contributed by atoms with van der Waals surface area (Å²) in [6.07, 6.45) is 1.24. The van der Waals surface area contributed by atoms with Crippen molar-refractivity contribution in [3.8, 4) is 11.1 Å². The number of unbranched alkanes of at least 4 members (excludes halogenated alkanes) is 1. The third-order valence-electron chi connectivity index (χ3n) is 9.38. The molecule has 328 valence electrons. The van der Waals surface area contributed by atoms with E-state index < -0.39 is 36.9 Å². The molecule has 1 aliphatic rings. The molecule has 17 heteroatoms. The first kappa shape index (κ1) is 49.0. The van der Waals surface area contributed by atoms with Gasteiger partial charge in [0.15, 0.2) is 0 Å². The van der Waals surface area contributed by atoms with Gasteiger partial charge in [0.1, 0.15) is 24.5 Å². The zero-order valence-corrected chi connectivity index (χ0v) is 34.2. The van der Waals surface area contributed by atoms with Crippen LogP contribution in [0.4, 0.5) is 0 Å². The number of aliphatic hydroxyl groups is 3. The zero-order chi connectivity index (χ0) is 42.5. The molecule has 1 aliphatic heterocycles. The lowest BCUT2D eigenvalue weighted by atomic mass is 9.91. The lowest BCUT2D eigenvalue weighted by molar-refractivity contribution is -0.157. The van der Waals surface area contributed by atoms with Crippen LogP contribution in [0.15, 0.2) is 64.7 Å². The summed E-state index contributed by atoms with van der Waals surface area (Å²) in [4.78, 5) is 40.6. The predicted molar refractivity (Wildman–Crippen MR) is 223 cm³/mol. The molecular weight excluding hydrogens is 764 g/mol. The van der Waals surface area contributed by atoms with Gasteiger partial charge in [0.05, 0.1) is 77.5 Å². The minimum atomic E-state index is -1.44. The van der Waals surface area contributed by atoms with Gasteiger partial charge in [-0.1, -0.05) is 67.9 Å². The summed E-state index contributed by atoms with van der Waals surface area (Å²) in [5.74, 6) is 4.50. The topological polar surface area (TPSA) is 245 Å². The fourth-order valence-electron chi connectivity index (χ4n) is 6.09. The maximum atomic E-state index is 12.7. The minimum absolute atomic E-state index is 0.0127. The number of nitrogens with two attached hydrogens (primary N) is 1. The number of ether oxygens (including phenoxy) is 5. The largest absolute Gasteiger partial charge is 0.388 e. The van der Waals surface area contributed by atoms with E-state index in [4.69, 9.17) is 29.5 Å². The van der Waals surface area contributed by atoms with Crippen molar-refractivity contribution in [3.05, 3.63) is 60.2 Å². The summed E-state index contributed by atoms with van der Waals surface area (Å²) >= 11 is 0. The van der Waals surface area contributed by atoms with E-state index in [1.165, 1.54) is 6.21 Å². The molecule has 0 saturated carbocycles. The van der Waals surface area contributed by atoms with E-state index in [0.29, 0.717) is 77.5 Å². The second-order valence-corrected chi connectivity index (χ2v) is 14.0. The number of nitrogens with one attached hydrogen (secondary N) is 3. The Bertz CT molecular complexity index is 1530. The highest BCUT2D eigenvalue weighted by Crippen LogP contribution is 2.26. The van der Waals surface area contributed by atoms with Crippen LogP contribution >= 0.6 is 0 Å². The summed E-state index contributed by atoms with van der Waals surface area (Å²) in [5, 5.41) is 43.1. The lowest BCUT2D eigenvalue weighted by Gasteiger charge is -2.40. The first-order valence-electron chi connectivity index (χ1n) is 20.4. The van der Waals surface area contributed by atoms with E-state index in [1.807, 2.05) is 54.6 Å². The third-order valence-corrected chi connectivity index (χ3v) is 9.38. The van der Waals surface area contributed by atoms with Gasteiger partial charge in [-0.3, -0.25) is 19.4 Å². The van der Waals surface area contributed by atoms with Crippen molar-refractivity contribution in [1.29, 1.82) is 0 Å². The number of hydrogen-bond acceptors (Lipinski definition) is 14. The Balaban J connectivity index is 1.29. The Kier molecular flexibility index (Phi) is 24.8. The fraction of sp³-hybridized carbons (Fsp3) is 0.595. The van der Waals surface area contributed by atoms with Gasteiger partial charge in [-0.2, -0.15) is 5.10 Å². The molecule has 0 spiro atoms. The van der Waals surface area contributed by atoms with Crippen LogP contribution in [0, 0.1) is 0 Å². The zero-order valence-electron chi connectivity index (χ0n) is 34.2. The summed E-state index contributed by atoms with van der Waals surface area (Å²) in [6.45, 7) is 4.75. The maximum absolute atomic E-state index is 12.7. The minimum Gasteiger partial charge on any atom is -0.388 e. The van der Waals surface area contributed by atoms with Crippen LogP contribution in [0.3, 0.4) is 0 Å². The van der Waals surface area contributed by atoms with E-state index in [2.05, 4.69) is 33.0 Å². The number of aliphatic hydroxyl groups excluding tert-OH is 3. The number of hydrazone groups is 1. The van der Waals surface area contributed by atoms with E-state index in [1.54, 1.807) is 0 Å². The number of hydrogen-bond donors (Lipinski definition) is 7. The van der Waals surface area contributed by atoms with E-state index in [-0.39, 0.29) is 50.7 Å². The fourth-order valence-corrected chi connectivity index (χ4v) is 6.09. The van der Waals surface area contributed by atoms with Crippen LogP contribution in [-0.4, -0.2) is 155 Å². The molecule has 0 bridgehead atoms. The first-order chi connectivity index (χ1) is 28.7. The van der Waals surface area contributed by atoms with Crippen molar-refractivity contribution in [2.45, 2.75) is 82.3 Å². The van der Waals surface area contributed by atoms with Crippen LogP contribution in [0.1, 0.15) is 51.0 Å². The Labute approximate surface area is 347 Å². The summed E-state index contributed by atoms with van der Waals surface area (Å²) in [6, 6.07) is 16.9. The highest BCUT2D eigenvalue weighted by atomic mass is 16.5. The highest BCUT2D eigenvalue weighted by molar-refractivity contribution is 6.31. The molecule has 2 aromatic carbocycles. The molecule has 1 fully saturated rings. The highest BCUT2D eigenvalue weighted by Gasteiger charge is 2.39. The standard InChI is InChI=1S/C42H64N6O11/c1-2-3-17-45-38(51)16-20-56-22-23-57-21-18-44-27-34(48-43)30-58-25-24-55-19-15-35-13-14-36(47-40(53)29-49)42(59-35)41(54)37(50)28-46-39(52)26-31-9-11-33(12-10-31)32-7-5-4-6-8-32/h4-12,27,35-37,41-42,49-50,54H,2-3,13-26,28-30,43H2,1H3,(H,45,51)(H,46,52)(H,47,53)/t35-,36-,37-,41-,42-/m1/s1. The number of carbonyl (C=O) groups excluding carboxylic acids is 3. The molecule has 0 aromatic heterocycles. The van der Waals surface area contributed by atoms with E-state index >= 15 is 0 Å². The predicted octanol–water partition coefficient (Wildman–Crippen LogP) is 0.907. The summed E-state index contributed by atoms with van der Waals surface area (Å²) < 4.78 is 28.4. The van der Waals surface area contributed by atoms with E-state index in [0.717, 1.165) is 29.5 Å². The summed E-state index contributed by atoms with van der Waals surface area (Å²) in [7, 11) is 0. The second kappa shape index (κ2) is 29.8. The van der Waals surface area contributed by atoms with Gasteiger partial charge in [0.25, 0.3) is 0 Å². The Morgan fingerprint density at radius 1 is 0.864 bits per heavy atom. The van der Waals surface area contributed by atoms with Crippen LogP contribution in [0.2, 0.25) is 0 Å². The number of benzene rings is 2. The van der Waals surface area contributed by atoms with Crippen LogP contribution in [0.25, 0.3) is 11.1 Å². The van der Waals surface area contributed by atoms with Gasteiger partial charge < -0.3 is 60.8 Å². The normalized spacial score (nSPS) is 18.0. The smallest absolute Gasteiger partial charge is 0.246 e. The van der Waals surface area contributed by atoms with Crippen LogP contribution in [0.5, 0.6) is 0 Å². The Morgan fingerprint density at radius 3 is 2.27 bits per heavy atom. The Hall–Kier alpha value is -4.33. The number of aliphatic imine (C=N–C) groups is 1.